The van der Waals surface area contributed by atoms with Crippen molar-refractivity contribution in [3.63, 3.8) is 0 Å². The molecular weight excluding hydrogens is 263 g/mol. The van der Waals surface area contributed by atoms with Crippen LogP contribution in [0.2, 0.25) is 0 Å². The molecule has 1 fully saturated rings. The van der Waals surface area contributed by atoms with Gasteiger partial charge in [0.2, 0.25) is 0 Å². The van der Waals surface area contributed by atoms with E-state index in [4.69, 9.17) is 9.05 Å². The standard InChI is InChI=1S/C10H21O3PS2/c1-10(2,3)8-6-15-9(16-7-8)14(11,12-4)13-5/h8-9H,6-7H2,1-5H3. The van der Waals surface area contributed by atoms with E-state index in [-0.39, 0.29) is 4.32 Å². The first kappa shape index (κ1) is 14.9. The minimum atomic E-state index is -2.91. The molecule has 1 heterocycles. The largest absolute Gasteiger partial charge is 0.352 e. The maximum atomic E-state index is 12.2. The summed E-state index contributed by atoms with van der Waals surface area (Å²) in [5.74, 6) is 2.70. The number of hydrogen-bond acceptors (Lipinski definition) is 5. The van der Waals surface area contributed by atoms with E-state index in [0.717, 1.165) is 11.5 Å². The quantitative estimate of drug-likeness (QED) is 0.734. The van der Waals surface area contributed by atoms with E-state index in [9.17, 15) is 4.57 Å². The van der Waals surface area contributed by atoms with Gasteiger partial charge in [-0.1, -0.05) is 20.8 Å². The Hall–Kier alpha value is 0.850. The molecule has 96 valence electrons. The summed E-state index contributed by atoms with van der Waals surface area (Å²) in [5, 5.41) is 0. The molecule has 1 saturated heterocycles. The molecule has 0 amide bonds. The molecule has 0 aromatic heterocycles. The Kier molecular flexibility index (Phi) is 5.27. The molecule has 0 aromatic carbocycles. The third-order valence-electron chi connectivity index (χ3n) is 2.87. The van der Waals surface area contributed by atoms with Gasteiger partial charge < -0.3 is 9.05 Å². The molecule has 0 spiro atoms. The highest BCUT2D eigenvalue weighted by molar-refractivity contribution is 8.24. The lowest BCUT2D eigenvalue weighted by Gasteiger charge is -2.37. The lowest BCUT2D eigenvalue weighted by atomic mass is 9.83. The summed E-state index contributed by atoms with van der Waals surface area (Å²) in [6.45, 7) is 6.77. The average molecular weight is 284 g/mol. The fourth-order valence-corrected chi connectivity index (χ4v) is 7.96. The lowest BCUT2D eigenvalue weighted by molar-refractivity contribution is 0.276. The SMILES string of the molecule is COP(=O)(OC)C1SCC(C(C)(C)C)CS1. The monoisotopic (exact) mass is 284 g/mol. The van der Waals surface area contributed by atoms with Gasteiger partial charge in [0.15, 0.2) is 4.32 Å². The predicted molar refractivity (Wildman–Crippen MR) is 73.3 cm³/mol. The van der Waals surface area contributed by atoms with Crippen LogP contribution in [0.15, 0.2) is 0 Å². The van der Waals surface area contributed by atoms with Crippen LogP contribution in [0.25, 0.3) is 0 Å². The molecule has 0 unspecified atom stereocenters. The molecule has 16 heavy (non-hydrogen) atoms. The van der Waals surface area contributed by atoms with Crippen molar-refractivity contribution < 1.29 is 13.6 Å². The second-order valence-electron chi connectivity index (χ2n) is 4.94. The van der Waals surface area contributed by atoms with Gasteiger partial charge in [-0.25, -0.2) is 0 Å². The zero-order valence-corrected chi connectivity index (χ0v) is 13.1. The van der Waals surface area contributed by atoms with Crippen molar-refractivity contribution in [2.24, 2.45) is 11.3 Å². The van der Waals surface area contributed by atoms with Crippen LogP contribution in [0.1, 0.15) is 20.8 Å². The first-order valence-electron chi connectivity index (χ1n) is 5.28. The molecule has 6 heteroatoms. The van der Waals surface area contributed by atoms with Crippen molar-refractivity contribution in [1.29, 1.82) is 0 Å². The molecule has 0 aromatic rings. The first-order valence-corrected chi connectivity index (χ1v) is 8.99. The Morgan fingerprint density at radius 3 is 1.88 bits per heavy atom. The Morgan fingerprint density at radius 1 is 1.12 bits per heavy atom. The van der Waals surface area contributed by atoms with Crippen LogP contribution >= 0.6 is 31.1 Å². The molecular formula is C10H21O3PS2. The fraction of sp³-hybridized carbons (Fsp3) is 1.00. The minimum Gasteiger partial charge on any atom is -0.311 e. The molecule has 0 atom stereocenters. The lowest BCUT2D eigenvalue weighted by Crippen LogP contribution is -2.29. The molecule has 0 radical (unpaired) electrons. The minimum absolute atomic E-state index is 0.0684. The topological polar surface area (TPSA) is 35.5 Å². The molecule has 0 N–H and O–H groups in total. The smallest absolute Gasteiger partial charge is 0.311 e. The Bertz CT molecular complexity index is 262. The van der Waals surface area contributed by atoms with Crippen molar-refractivity contribution >= 4 is 31.1 Å². The maximum absolute atomic E-state index is 12.2. The van der Waals surface area contributed by atoms with Crippen molar-refractivity contribution in [3.05, 3.63) is 0 Å². The van der Waals surface area contributed by atoms with Crippen LogP contribution < -0.4 is 0 Å². The zero-order valence-electron chi connectivity index (χ0n) is 10.6. The third kappa shape index (κ3) is 3.42. The van der Waals surface area contributed by atoms with Crippen molar-refractivity contribution in [2.45, 2.75) is 25.1 Å². The zero-order chi connectivity index (χ0) is 12.4. The van der Waals surface area contributed by atoms with E-state index in [1.165, 1.54) is 14.2 Å². The third-order valence-corrected chi connectivity index (χ3v) is 9.43. The molecule has 1 aliphatic rings. The summed E-state index contributed by atoms with van der Waals surface area (Å²) in [5.41, 5.74) is 0.315. The highest BCUT2D eigenvalue weighted by Gasteiger charge is 2.40. The van der Waals surface area contributed by atoms with Gasteiger partial charge in [0.1, 0.15) is 0 Å². The van der Waals surface area contributed by atoms with Gasteiger partial charge in [0, 0.05) is 14.2 Å². The van der Waals surface area contributed by atoms with Crippen LogP contribution in [0.3, 0.4) is 0 Å². The van der Waals surface area contributed by atoms with Crippen molar-refractivity contribution in [2.75, 3.05) is 25.7 Å². The second-order valence-corrected chi connectivity index (χ2v) is 10.5. The summed E-state index contributed by atoms with van der Waals surface area (Å²) >= 11 is 3.41. The van der Waals surface area contributed by atoms with E-state index >= 15 is 0 Å². The summed E-state index contributed by atoms with van der Waals surface area (Å²) in [6, 6.07) is 0. The Labute approximate surface area is 107 Å². The average Bonchev–Trinajstić information content (AvgIpc) is 2.27. The van der Waals surface area contributed by atoms with Gasteiger partial charge in [-0.15, -0.1) is 23.5 Å². The van der Waals surface area contributed by atoms with Crippen LogP contribution in [0, 0.1) is 11.3 Å². The molecule has 0 bridgehead atoms. The first-order chi connectivity index (χ1) is 7.33. The van der Waals surface area contributed by atoms with Crippen LogP contribution in [0.5, 0.6) is 0 Å². The predicted octanol–water partition coefficient (Wildman–Crippen LogP) is 3.90. The van der Waals surface area contributed by atoms with Crippen LogP contribution in [-0.2, 0) is 13.6 Å². The van der Waals surface area contributed by atoms with Gasteiger partial charge in [-0.2, -0.15) is 0 Å². The summed E-state index contributed by atoms with van der Waals surface area (Å²) < 4.78 is 22.2. The molecule has 0 saturated carbocycles. The van der Waals surface area contributed by atoms with E-state index in [1.807, 2.05) is 0 Å². The maximum Gasteiger partial charge on any atom is 0.352 e. The number of rotatable bonds is 3. The normalized spacial score (nSPS) is 28.1. The van der Waals surface area contributed by atoms with Gasteiger partial charge in [-0.05, 0) is 22.8 Å². The Morgan fingerprint density at radius 2 is 1.56 bits per heavy atom. The molecule has 1 aliphatic heterocycles. The van der Waals surface area contributed by atoms with E-state index in [0.29, 0.717) is 11.3 Å². The van der Waals surface area contributed by atoms with Crippen LogP contribution in [0.4, 0.5) is 0 Å². The van der Waals surface area contributed by atoms with E-state index in [2.05, 4.69) is 20.8 Å². The number of thioether (sulfide) groups is 2. The number of hydrogen-bond donors (Lipinski definition) is 0. The molecule has 0 aliphatic carbocycles. The molecule has 1 rings (SSSR count). The highest BCUT2D eigenvalue weighted by atomic mass is 32.2. The summed E-state index contributed by atoms with van der Waals surface area (Å²) in [7, 11) is 0.00970. The highest BCUT2D eigenvalue weighted by Crippen LogP contribution is 2.62. The van der Waals surface area contributed by atoms with Gasteiger partial charge in [0.05, 0.1) is 0 Å². The van der Waals surface area contributed by atoms with Gasteiger partial charge in [-0.3, -0.25) is 4.57 Å². The summed E-state index contributed by atoms with van der Waals surface area (Å²) in [4.78, 5) is 0. The van der Waals surface area contributed by atoms with Crippen molar-refractivity contribution in [3.8, 4) is 0 Å². The van der Waals surface area contributed by atoms with Crippen LogP contribution in [-0.4, -0.2) is 30.0 Å². The second kappa shape index (κ2) is 5.66. The fourth-order valence-electron chi connectivity index (χ4n) is 1.42. The van der Waals surface area contributed by atoms with Gasteiger partial charge >= 0.3 is 7.60 Å². The summed E-state index contributed by atoms with van der Waals surface area (Å²) in [6.07, 6.45) is 0. The van der Waals surface area contributed by atoms with E-state index < -0.39 is 7.60 Å². The molecule has 3 nitrogen and oxygen atoms in total. The van der Waals surface area contributed by atoms with E-state index in [1.54, 1.807) is 23.5 Å². The Balaban J connectivity index is 2.59. The van der Waals surface area contributed by atoms with Crippen molar-refractivity contribution in [1.82, 2.24) is 0 Å². The van der Waals surface area contributed by atoms with Gasteiger partial charge in [0.25, 0.3) is 0 Å².